The summed E-state index contributed by atoms with van der Waals surface area (Å²) in [7, 11) is 0. The van der Waals surface area contributed by atoms with Gasteiger partial charge in [0, 0.05) is 24.5 Å². The Kier molecular flexibility index (Phi) is 7.66. The zero-order valence-corrected chi connectivity index (χ0v) is 20.3. The van der Waals surface area contributed by atoms with Crippen LogP contribution in [0, 0.1) is 13.8 Å². The monoisotopic (exact) mass is 490 g/mol. The Morgan fingerprint density at radius 1 is 1.14 bits per heavy atom. The molecular weight excluding hydrogens is 457 g/mol. The molecule has 0 radical (unpaired) electrons. The van der Waals surface area contributed by atoms with Gasteiger partial charge < -0.3 is 19.8 Å². The Morgan fingerprint density at radius 2 is 1.89 bits per heavy atom. The molecule has 0 saturated carbocycles. The van der Waals surface area contributed by atoms with E-state index in [1.54, 1.807) is 4.90 Å². The van der Waals surface area contributed by atoms with Gasteiger partial charge in [0.05, 0.1) is 11.7 Å². The number of carbonyl (C=O) groups excluding carboxylic acids is 1. The summed E-state index contributed by atoms with van der Waals surface area (Å²) >= 11 is 0. The first-order valence-corrected chi connectivity index (χ1v) is 12.2. The zero-order valence-electron chi connectivity index (χ0n) is 20.3. The van der Waals surface area contributed by atoms with Crippen molar-refractivity contribution in [1.82, 2.24) is 9.88 Å². The summed E-state index contributed by atoms with van der Waals surface area (Å²) in [4.78, 5) is 23.8. The summed E-state index contributed by atoms with van der Waals surface area (Å²) in [5.74, 6) is -0.257. The molecule has 35 heavy (non-hydrogen) atoms. The minimum absolute atomic E-state index is 0.0634. The first-order chi connectivity index (χ1) is 16.6. The molecule has 3 heterocycles. The number of halogens is 3. The largest absolute Gasteiger partial charge is 0.416 e. The van der Waals surface area contributed by atoms with Crippen LogP contribution in [0.2, 0.25) is 0 Å². The molecular formula is C26H33F3N4O2. The Labute approximate surface area is 204 Å². The van der Waals surface area contributed by atoms with Crippen LogP contribution < -0.4 is 9.80 Å². The molecule has 1 aromatic heterocycles. The molecule has 0 unspecified atom stereocenters. The van der Waals surface area contributed by atoms with Crippen LogP contribution in [0.5, 0.6) is 0 Å². The number of aliphatic hydroxyl groups excluding tert-OH is 1. The molecule has 1 amide bonds. The second kappa shape index (κ2) is 10.5. The van der Waals surface area contributed by atoms with E-state index in [9.17, 15) is 23.1 Å². The van der Waals surface area contributed by atoms with Crippen LogP contribution in [-0.4, -0.2) is 65.8 Å². The number of rotatable bonds is 7. The fraction of sp³-hybridized carbons (Fsp3) is 0.538. The van der Waals surface area contributed by atoms with Crippen LogP contribution in [0.3, 0.4) is 0 Å². The second-order valence-corrected chi connectivity index (χ2v) is 9.58. The standard InChI is InChI=1S/C26H33F3N4O2/c1-18-7-5-8-21(15-18)32(13-6-12-31-10-3-4-11-31)25(35)24-22(34)9-14-33(24)23-17-20(26(27,28)29)16-19(2)30-23/h5,7-8,15-17,22,24,34H,3-4,6,9-14H2,1-2H3/t22-,24+/m1/s1. The normalized spacial score (nSPS) is 21.0. The molecule has 4 rings (SSSR count). The molecule has 9 heteroatoms. The number of aromatic nitrogens is 1. The molecule has 0 aliphatic carbocycles. The van der Waals surface area contributed by atoms with E-state index in [0.717, 1.165) is 49.4 Å². The summed E-state index contributed by atoms with van der Waals surface area (Å²) in [6, 6.07) is 8.57. The summed E-state index contributed by atoms with van der Waals surface area (Å²) in [5, 5.41) is 10.8. The third kappa shape index (κ3) is 5.95. The fourth-order valence-corrected chi connectivity index (χ4v) is 5.07. The number of aryl methyl sites for hydroxylation is 2. The number of alkyl halides is 3. The predicted molar refractivity (Wildman–Crippen MR) is 130 cm³/mol. The molecule has 2 saturated heterocycles. The topological polar surface area (TPSA) is 59.9 Å². The predicted octanol–water partition coefficient (Wildman–Crippen LogP) is 4.18. The zero-order chi connectivity index (χ0) is 25.2. The molecule has 2 atom stereocenters. The number of hydrogen-bond donors (Lipinski definition) is 1. The maximum Gasteiger partial charge on any atom is 0.416 e. The number of anilines is 2. The van der Waals surface area contributed by atoms with Gasteiger partial charge in [0.25, 0.3) is 5.91 Å². The second-order valence-electron chi connectivity index (χ2n) is 9.58. The maximum absolute atomic E-state index is 13.9. The summed E-state index contributed by atoms with van der Waals surface area (Å²) in [5.41, 5.74) is 1.12. The number of aliphatic hydroxyl groups is 1. The average molecular weight is 491 g/mol. The minimum atomic E-state index is -4.52. The van der Waals surface area contributed by atoms with E-state index in [1.807, 2.05) is 31.2 Å². The van der Waals surface area contributed by atoms with Crippen molar-refractivity contribution in [3.8, 4) is 0 Å². The van der Waals surface area contributed by atoms with Crippen molar-refractivity contribution >= 4 is 17.4 Å². The van der Waals surface area contributed by atoms with Crippen LogP contribution in [0.1, 0.15) is 42.5 Å². The van der Waals surface area contributed by atoms with Gasteiger partial charge in [-0.25, -0.2) is 4.98 Å². The molecule has 2 aliphatic heterocycles. The third-order valence-corrected chi connectivity index (χ3v) is 6.81. The van der Waals surface area contributed by atoms with Crippen molar-refractivity contribution in [1.29, 1.82) is 0 Å². The summed E-state index contributed by atoms with van der Waals surface area (Å²) < 4.78 is 40.3. The van der Waals surface area contributed by atoms with E-state index in [-0.39, 0.29) is 30.4 Å². The van der Waals surface area contributed by atoms with E-state index in [1.165, 1.54) is 24.7 Å². The average Bonchev–Trinajstić information content (AvgIpc) is 3.45. The number of benzene rings is 1. The van der Waals surface area contributed by atoms with Crippen LogP contribution in [0.15, 0.2) is 36.4 Å². The highest BCUT2D eigenvalue weighted by Crippen LogP contribution is 2.34. The van der Waals surface area contributed by atoms with Gasteiger partial charge in [-0.1, -0.05) is 12.1 Å². The van der Waals surface area contributed by atoms with Gasteiger partial charge in [-0.3, -0.25) is 4.79 Å². The van der Waals surface area contributed by atoms with Crippen molar-refractivity contribution in [2.24, 2.45) is 0 Å². The number of amides is 1. The first-order valence-electron chi connectivity index (χ1n) is 12.2. The lowest BCUT2D eigenvalue weighted by atomic mass is 10.1. The lowest BCUT2D eigenvalue weighted by Crippen LogP contribution is -2.51. The minimum Gasteiger partial charge on any atom is -0.390 e. The molecule has 1 N–H and O–H groups in total. The molecule has 1 aromatic carbocycles. The first kappa shape index (κ1) is 25.4. The molecule has 2 aromatic rings. The quantitative estimate of drug-likeness (QED) is 0.631. The number of likely N-dealkylation sites (tertiary alicyclic amines) is 1. The van der Waals surface area contributed by atoms with Gasteiger partial charge in [0.1, 0.15) is 11.9 Å². The van der Waals surface area contributed by atoms with E-state index < -0.39 is 23.9 Å². The van der Waals surface area contributed by atoms with Gasteiger partial charge in [-0.15, -0.1) is 0 Å². The lowest BCUT2D eigenvalue weighted by Gasteiger charge is -2.33. The van der Waals surface area contributed by atoms with Crippen molar-refractivity contribution < 1.29 is 23.1 Å². The molecule has 0 spiro atoms. The van der Waals surface area contributed by atoms with Crippen LogP contribution >= 0.6 is 0 Å². The molecule has 2 fully saturated rings. The molecule has 2 aliphatic rings. The number of hydrogen-bond acceptors (Lipinski definition) is 5. The highest BCUT2D eigenvalue weighted by molar-refractivity contribution is 6.00. The maximum atomic E-state index is 13.9. The molecule has 190 valence electrons. The Balaban J connectivity index is 1.61. The lowest BCUT2D eigenvalue weighted by molar-refractivity contribution is -0.137. The van der Waals surface area contributed by atoms with Crippen molar-refractivity contribution in [2.45, 2.75) is 57.9 Å². The van der Waals surface area contributed by atoms with Gasteiger partial charge in [-0.2, -0.15) is 13.2 Å². The smallest absolute Gasteiger partial charge is 0.390 e. The fourth-order valence-electron chi connectivity index (χ4n) is 5.07. The van der Waals surface area contributed by atoms with Crippen molar-refractivity contribution in [3.05, 3.63) is 53.2 Å². The number of pyridine rings is 1. The van der Waals surface area contributed by atoms with Crippen molar-refractivity contribution in [3.63, 3.8) is 0 Å². The van der Waals surface area contributed by atoms with Gasteiger partial charge >= 0.3 is 6.18 Å². The van der Waals surface area contributed by atoms with Gasteiger partial charge in [0.2, 0.25) is 0 Å². The van der Waals surface area contributed by atoms with E-state index in [4.69, 9.17) is 0 Å². The Bertz CT molecular complexity index is 1040. The van der Waals surface area contributed by atoms with Crippen molar-refractivity contribution in [2.75, 3.05) is 42.5 Å². The molecule has 6 nitrogen and oxygen atoms in total. The number of carbonyl (C=O) groups is 1. The third-order valence-electron chi connectivity index (χ3n) is 6.81. The van der Waals surface area contributed by atoms with Gasteiger partial charge in [-0.05, 0) is 89.0 Å². The van der Waals surface area contributed by atoms with E-state index in [2.05, 4.69) is 9.88 Å². The van der Waals surface area contributed by atoms with Crippen LogP contribution in [0.4, 0.5) is 24.7 Å². The Hall–Kier alpha value is -2.65. The highest BCUT2D eigenvalue weighted by atomic mass is 19.4. The molecule has 0 bridgehead atoms. The van der Waals surface area contributed by atoms with Gasteiger partial charge in [0.15, 0.2) is 0 Å². The van der Waals surface area contributed by atoms with Crippen LogP contribution in [0.25, 0.3) is 0 Å². The highest BCUT2D eigenvalue weighted by Gasteiger charge is 2.42. The SMILES string of the molecule is Cc1cccc(N(CCCN2CCCC2)C(=O)[C@@H]2[C@H](O)CCN2c2cc(C(F)(F)F)cc(C)n2)c1. The number of nitrogens with zero attached hydrogens (tertiary/aromatic N) is 4. The van der Waals surface area contributed by atoms with Crippen LogP contribution in [-0.2, 0) is 11.0 Å². The van der Waals surface area contributed by atoms with E-state index >= 15 is 0 Å². The Morgan fingerprint density at radius 3 is 2.57 bits per heavy atom. The summed E-state index contributed by atoms with van der Waals surface area (Å²) in [6.07, 6.45) is -2.10. The summed E-state index contributed by atoms with van der Waals surface area (Å²) in [6.45, 7) is 7.16. The van der Waals surface area contributed by atoms with E-state index in [0.29, 0.717) is 6.54 Å².